The molecule has 0 aromatic heterocycles. The Hall–Kier alpha value is -3.26. The third kappa shape index (κ3) is 5.67. The molecule has 1 unspecified atom stereocenters. The van der Waals surface area contributed by atoms with E-state index in [1.807, 2.05) is 0 Å². The van der Waals surface area contributed by atoms with Crippen molar-refractivity contribution in [2.75, 3.05) is 37.6 Å². The van der Waals surface area contributed by atoms with E-state index >= 15 is 0 Å². The normalized spacial score (nSPS) is 15.8. The predicted molar refractivity (Wildman–Crippen MR) is 119 cm³/mol. The molecule has 31 heavy (non-hydrogen) atoms. The Kier molecular flexibility index (Phi) is 7.36. The van der Waals surface area contributed by atoms with Gasteiger partial charge in [0.2, 0.25) is 5.91 Å². The number of amides is 1. The van der Waals surface area contributed by atoms with Crippen LogP contribution in [-0.2, 0) is 4.79 Å². The van der Waals surface area contributed by atoms with E-state index in [-0.39, 0.29) is 11.5 Å². The number of anilines is 1. The fourth-order valence-electron chi connectivity index (χ4n) is 3.76. The molecule has 0 saturated carbocycles. The zero-order valence-corrected chi connectivity index (χ0v) is 17.8. The van der Waals surface area contributed by atoms with Crippen LogP contribution in [0.15, 0.2) is 48.5 Å². The van der Waals surface area contributed by atoms with Gasteiger partial charge in [-0.1, -0.05) is 19.1 Å². The van der Waals surface area contributed by atoms with Crippen molar-refractivity contribution < 1.29 is 14.1 Å². The van der Waals surface area contributed by atoms with Gasteiger partial charge >= 0.3 is 0 Å². The van der Waals surface area contributed by atoms with Crippen molar-refractivity contribution in [3.8, 4) is 0 Å². The lowest BCUT2D eigenvalue weighted by molar-refractivity contribution is -0.385. The van der Waals surface area contributed by atoms with Crippen molar-refractivity contribution >= 4 is 23.4 Å². The number of nitro groups is 1. The van der Waals surface area contributed by atoms with Gasteiger partial charge in [0.05, 0.1) is 16.5 Å². The summed E-state index contributed by atoms with van der Waals surface area (Å²) in [5.41, 5.74) is 1.89. The zero-order valence-electron chi connectivity index (χ0n) is 17.8. The van der Waals surface area contributed by atoms with E-state index in [1.54, 1.807) is 31.2 Å². The monoisotopic (exact) mass is 426 g/mol. The van der Waals surface area contributed by atoms with Gasteiger partial charge in [-0.25, -0.2) is 4.39 Å². The SMILES string of the molecule is CCN1CCN(c2ccc(F)cc2C(C)NC(=O)C=Cc2ccccc2[N+](=O)[O-])CC1. The van der Waals surface area contributed by atoms with Crippen molar-refractivity contribution in [3.63, 3.8) is 0 Å². The Labute approximate surface area is 181 Å². The summed E-state index contributed by atoms with van der Waals surface area (Å²) in [7, 11) is 0. The predicted octanol–water partition coefficient (Wildman–Crippen LogP) is 3.77. The first-order chi connectivity index (χ1) is 14.9. The molecule has 1 fully saturated rings. The molecule has 2 aromatic carbocycles. The van der Waals surface area contributed by atoms with E-state index in [1.165, 1.54) is 30.4 Å². The van der Waals surface area contributed by atoms with Gasteiger partial charge in [-0.15, -0.1) is 0 Å². The molecule has 1 aliphatic heterocycles. The minimum atomic E-state index is -0.489. The second kappa shape index (κ2) is 10.2. The summed E-state index contributed by atoms with van der Waals surface area (Å²) in [6.45, 7) is 8.49. The highest BCUT2D eigenvalue weighted by Crippen LogP contribution is 2.28. The fourth-order valence-corrected chi connectivity index (χ4v) is 3.76. The fraction of sp³-hybridized carbons (Fsp3) is 0.348. The number of likely N-dealkylation sites (N-methyl/N-ethyl adjacent to an activating group) is 1. The van der Waals surface area contributed by atoms with Crippen LogP contribution in [0.1, 0.15) is 31.0 Å². The van der Waals surface area contributed by atoms with Gasteiger partial charge < -0.3 is 15.1 Å². The van der Waals surface area contributed by atoms with Crippen molar-refractivity contribution in [2.45, 2.75) is 19.9 Å². The zero-order chi connectivity index (χ0) is 22.4. The summed E-state index contributed by atoms with van der Waals surface area (Å²) in [6, 6.07) is 10.4. The number of rotatable bonds is 7. The third-order valence-electron chi connectivity index (χ3n) is 5.52. The molecule has 0 spiro atoms. The van der Waals surface area contributed by atoms with Gasteiger partial charge in [0.15, 0.2) is 0 Å². The second-order valence-electron chi connectivity index (χ2n) is 7.50. The first kappa shape index (κ1) is 22.4. The average molecular weight is 426 g/mol. The lowest BCUT2D eigenvalue weighted by Crippen LogP contribution is -2.46. The molecular formula is C23H27FN4O3. The largest absolute Gasteiger partial charge is 0.369 e. The summed E-state index contributed by atoms with van der Waals surface area (Å²) in [4.78, 5) is 27.7. The average Bonchev–Trinajstić information content (AvgIpc) is 2.77. The van der Waals surface area contributed by atoms with E-state index in [9.17, 15) is 19.3 Å². The molecule has 2 aromatic rings. The van der Waals surface area contributed by atoms with Crippen LogP contribution in [0, 0.1) is 15.9 Å². The van der Waals surface area contributed by atoms with E-state index in [0.717, 1.165) is 38.4 Å². The number of nitro benzene ring substituents is 1. The van der Waals surface area contributed by atoms with Crippen LogP contribution in [0.5, 0.6) is 0 Å². The summed E-state index contributed by atoms with van der Waals surface area (Å²) in [6.07, 6.45) is 2.68. The Morgan fingerprint density at radius 1 is 1.23 bits per heavy atom. The highest BCUT2D eigenvalue weighted by molar-refractivity contribution is 5.92. The Balaban J connectivity index is 1.73. The van der Waals surface area contributed by atoms with Gasteiger partial charge in [0.1, 0.15) is 5.82 Å². The Morgan fingerprint density at radius 2 is 1.94 bits per heavy atom. The molecule has 1 N–H and O–H groups in total. The van der Waals surface area contributed by atoms with E-state index in [2.05, 4.69) is 22.0 Å². The smallest absolute Gasteiger partial charge is 0.276 e. The third-order valence-corrected chi connectivity index (χ3v) is 5.52. The second-order valence-corrected chi connectivity index (χ2v) is 7.50. The maximum Gasteiger partial charge on any atom is 0.276 e. The van der Waals surface area contributed by atoms with Crippen molar-refractivity contribution in [1.82, 2.24) is 10.2 Å². The number of piperazine rings is 1. The lowest BCUT2D eigenvalue weighted by atomic mass is 10.0. The molecule has 1 heterocycles. The van der Waals surface area contributed by atoms with Gasteiger partial charge in [0.25, 0.3) is 5.69 Å². The van der Waals surface area contributed by atoms with Crippen LogP contribution >= 0.6 is 0 Å². The number of para-hydroxylation sites is 1. The van der Waals surface area contributed by atoms with E-state index < -0.39 is 16.9 Å². The molecular weight excluding hydrogens is 399 g/mol. The first-order valence-corrected chi connectivity index (χ1v) is 10.4. The molecule has 0 aliphatic carbocycles. The molecule has 0 radical (unpaired) electrons. The summed E-state index contributed by atoms with van der Waals surface area (Å²) >= 11 is 0. The maximum atomic E-state index is 14.0. The number of carbonyl (C=O) groups is 1. The summed E-state index contributed by atoms with van der Waals surface area (Å²) in [5.74, 6) is -0.765. The Bertz CT molecular complexity index is 971. The number of halogens is 1. The molecule has 164 valence electrons. The van der Waals surface area contributed by atoms with Crippen molar-refractivity contribution in [3.05, 3.63) is 75.6 Å². The van der Waals surface area contributed by atoms with Gasteiger partial charge in [-0.2, -0.15) is 0 Å². The minimum Gasteiger partial charge on any atom is -0.369 e. The van der Waals surface area contributed by atoms with Gasteiger partial charge in [-0.05, 0) is 43.8 Å². The maximum absolute atomic E-state index is 14.0. The van der Waals surface area contributed by atoms with E-state index in [4.69, 9.17) is 0 Å². The summed E-state index contributed by atoms with van der Waals surface area (Å²) in [5, 5.41) is 14.0. The van der Waals surface area contributed by atoms with Crippen LogP contribution < -0.4 is 10.2 Å². The molecule has 3 rings (SSSR count). The van der Waals surface area contributed by atoms with Gasteiger partial charge in [-0.3, -0.25) is 14.9 Å². The molecule has 0 bridgehead atoms. The first-order valence-electron chi connectivity index (χ1n) is 10.4. The highest BCUT2D eigenvalue weighted by Gasteiger charge is 2.21. The van der Waals surface area contributed by atoms with Crippen molar-refractivity contribution in [2.24, 2.45) is 0 Å². The van der Waals surface area contributed by atoms with Crippen LogP contribution in [0.2, 0.25) is 0 Å². The standard InChI is InChI=1S/C23H27FN4O3/c1-3-26-12-14-27(15-13-26)22-10-9-19(24)16-20(22)17(2)25-23(29)11-8-18-6-4-5-7-21(18)28(30)31/h4-11,16-17H,3,12-15H2,1-2H3,(H,25,29). The number of nitrogens with zero attached hydrogens (tertiary/aromatic N) is 3. The quantitative estimate of drug-likeness (QED) is 0.414. The topological polar surface area (TPSA) is 78.7 Å². The number of hydrogen-bond acceptors (Lipinski definition) is 5. The highest BCUT2D eigenvalue weighted by atomic mass is 19.1. The molecule has 1 atom stereocenters. The minimum absolute atomic E-state index is 0.0711. The molecule has 1 saturated heterocycles. The molecule has 7 nitrogen and oxygen atoms in total. The van der Waals surface area contributed by atoms with Crippen molar-refractivity contribution in [1.29, 1.82) is 0 Å². The summed E-state index contributed by atoms with van der Waals surface area (Å²) < 4.78 is 14.0. The lowest BCUT2D eigenvalue weighted by Gasteiger charge is -2.37. The van der Waals surface area contributed by atoms with Crippen LogP contribution in [0.4, 0.5) is 15.8 Å². The number of carbonyl (C=O) groups excluding carboxylic acids is 1. The Morgan fingerprint density at radius 3 is 2.61 bits per heavy atom. The van der Waals surface area contributed by atoms with Gasteiger partial charge in [0, 0.05) is 49.6 Å². The molecule has 1 amide bonds. The van der Waals surface area contributed by atoms with Crippen LogP contribution in [-0.4, -0.2) is 48.5 Å². The van der Waals surface area contributed by atoms with Crippen LogP contribution in [0.25, 0.3) is 6.08 Å². The number of nitrogens with one attached hydrogen (secondary N) is 1. The number of hydrogen-bond donors (Lipinski definition) is 1. The molecule has 8 heteroatoms. The molecule has 1 aliphatic rings. The van der Waals surface area contributed by atoms with Crippen LogP contribution in [0.3, 0.4) is 0 Å². The number of benzene rings is 2. The van der Waals surface area contributed by atoms with E-state index in [0.29, 0.717) is 11.1 Å².